The van der Waals surface area contributed by atoms with E-state index in [-0.39, 0.29) is 15.8 Å². The quantitative estimate of drug-likeness (QED) is 0.236. The van der Waals surface area contributed by atoms with Crippen LogP contribution in [0.1, 0.15) is 30.5 Å². The highest BCUT2D eigenvalue weighted by Crippen LogP contribution is 2.56. The van der Waals surface area contributed by atoms with Crippen LogP contribution in [0.4, 0.5) is 16.2 Å². The summed E-state index contributed by atoms with van der Waals surface area (Å²) in [6.45, 7) is 7.69. The van der Waals surface area contributed by atoms with Crippen LogP contribution in [0.2, 0.25) is 5.02 Å². The Morgan fingerprint density at radius 2 is 1.47 bits per heavy atom. The number of nitrogens with zero attached hydrogens (tertiary/aromatic N) is 1. The van der Waals surface area contributed by atoms with E-state index < -0.39 is 17.5 Å². The Bertz CT molecular complexity index is 1420. The van der Waals surface area contributed by atoms with E-state index in [0.29, 0.717) is 31.1 Å². The molecular weight excluding hydrogens is 564 g/mol. The molecule has 0 radical (unpaired) electrons. The maximum atomic E-state index is 13.7. The molecule has 7 nitrogen and oxygen atoms in total. The van der Waals surface area contributed by atoms with Gasteiger partial charge in [-0.25, -0.2) is 14.4 Å². The molecule has 198 valence electrons. The number of urea groups is 1. The summed E-state index contributed by atoms with van der Waals surface area (Å²) in [5.74, 6) is -1.27. The lowest BCUT2D eigenvalue weighted by atomic mass is 9.82. The van der Waals surface area contributed by atoms with Crippen LogP contribution in [0.15, 0.2) is 50.4 Å². The van der Waals surface area contributed by atoms with E-state index in [1.54, 1.807) is 29.2 Å². The number of aryl methyl sites for hydroxylation is 2. The van der Waals surface area contributed by atoms with Gasteiger partial charge in [0.15, 0.2) is 0 Å². The molecule has 2 aromatic carbocycles. The van der Waals surface area contributed by atoms with Gasteiger partial charge in [0, 0.05) is 21.8 Å². The number of carbonyl (C=O) groups excluding carboxylic acids is 3. The molecular formula is C27H25ClN2O5S3. The summed E-state index contributed by atoms with van der Waals surface area (Å²) in [4.78, 5) is 41.2. The average Bonchev–Trinajstić information content (AvgIpc) is 3.31. The van der Waals surface area contributed by atoms with Gasteiger partial charge in [-0.2, -0.15) is 0 Å². The second kappa shape index (κ2) is 10.8. The standard InChI is InChI=1S/C27H25ClN2O5S3/c1-13-11-17-18(12-14(13)2)30(26(33)29-16-9-7-15(28)8-10-16)27(3,4)22(36)19(17)25-37-20(23(31)34-5)21(38-25)24(32)35-6/h7-12H,1-6H3,(H,29,33). The number of ether oxygens (including phenoxy) is 2. The van der Waals surface area contributed by atoms with Gasteiger partial charge in [0.05, 0.1) is 34.5 Å². The molecule has 11 heteroatoms. The summed E-state index contributed by atoms with van der Waals surface area (Å²) in [5, 5.41) is 3.51. The lowest BCUT2D eigenvalue weighted by molar-refractivity contribution is -0.138. The predicted molar refractivity (Wildman–Crippen MR) is 159 cm³/mol. The minimum Gasteiger partial charge on any atom is -0.465 e. The number of hydrogen-bond donors (Lipinski definition) is 1. The van der Waals surface area contributed by atoms with Crippen molar-refractivity contribution in [2.24, 2.45) is 0 Å². The van der Waals surface area contributed by atoms with Crippen LogP contribution in [0, 0.1) is 13.8 Å². The number of anilines is 2. The second-order valence-electron chi connectivity index (χ2n) is 9.12. The zero-order valence-corrected chi connectivity index (χ0v) is 24.8. The number of halogens is 1. The number of thioether (sulfide) groups is 2. The van der Waals surface area contributed by atoms with E-state index in [1.165, 1.54) is 14.2 Å². The molecule has 0 aliphatic carbocycles. The van der Waals surface area contributed by atoms with Gasteiger partial charge in [-0.15, -0.1) is 0 Å². The van der Waals surface area contributed by atoms with Crippen molar-refractivity contribution < 1.29 is 23.9 Å². The van der Waals surface area contributed by atoms with Crippen molar-refractivity contribution in [3.63, 3.8) is 0 Å². The van der Waals surface area contributed by atoms with Crippen molar-refractivity contribution in [2.75, 3.05) is 24.4 Å². The molecule has 1 N–H and O–H groups in total. The van der Waals surface area contributed by atoms with Crippen LogP contribution in [0.3, 0.4) is 0 Å². The molecule has 2 aliphatic heterocycles. The molecule has 0 fully saturated rings. The lowest BCUT2D eigenvalue weighted by Crippen LogP contribution is -2.57. The number of carbonyl (C=O) groups is 3. The molecule has 2 heterocycles. The van der Waals surface area contributed by atoms with Gasteiger partial charge in [0.25, 0.3) is 0 Å². The summed E-state index contributed by atoms with van der Waals surface area (Å²) in [6.07, 6.45) is 0. The third kappa shape index (κ3) is 4.98. The van der Waals surface area contributed by atoms with Crippen molar-refractivity contribution in [3.05, 3.63) is 72.2 Å². The highest BCUT2D eigenvalue weighted by molar-refractivity contribution is 8.29. The van der Waals surface area contributed by atoms with Crippen molar-refractivity contribution in [2.45, 2.75) is 33.2 Å². The zero-order valence-electron chi connectivity index (χ0n) is 21.6. The van der Waals surface area contributed by atoms with Gasteiger partial charge in [-0.1, -0.05) is 47.3 Å². The highest BCUT2D eigenvalue weighted by atomic mass is 35.5. The van der Waals surface area contributed by atoms with E-state index in [2.05, 4.69) is 5.32 Å². The number of hydrogen-bond acceptors (Lipinski definition) is 8. The van der Waals surface area contributed by atoms with Crippen LogP contribution in [-0.2, 0) is 19.1 Å². The molecule has 0 saturated carbocycles. The average molecular weight is 589 g/mol. The Labute approximate surface area is 240 Å². The Kier molecular flexibility index (Phi) is 7.99. The maximum Gasteiger partial charge on any atom is 0.346 e. The molecule has 38 heavy (non-hydrogen) atoms. The van der Waals surface area contributed by atoms with Gasteiger partial charge in [0.2, 0.25) is 0 Å². The van der Waals surface area contributed by atoms with Crippen LogP contribution < -0.4 is 10.2 Å². The summed E-state index contributed by atoms with van der Waals surface area (Å²) < 4.78 is 10.5. The van der Waals surface area contributed by atoms with Crippen LogP contribution in [0.25, 0.3) is 5.57 Å². The Morgan fingerprint density at radius 3 is 2.00 bits per heavy atom. The smallest absolute Gasteiger partial charge is 0.346 e. The first kappa shape index (κ1) is 28.2. The summed E-state index contributed by atoms with van der Waals surface area (Å²) in [7, 11) is 2.52. The van der Waals surface area contributed by atoms with Gasteiger partial charge >= 0.3 is 18.0 Å². The Morgan fingerprint density at radius 1 is 0.947 bits per heavy atom. The number of benzene rings is 2. The van der Waals surface area contributed by atoms with Crippen molar-refractivity contribution in [1.29, 1.82) is 0 Å². The number of thiocarbonyl (C=S) groups is 1. The van der Waals surface area contributed by atoms with E-state index in [4.69, 9.17) is 33.3 Å². The van der Waals surface area contributed by atoms with E-state index >= 15 is 0 Å². The van der Waals surface area contributed by atoms with Crippen LogP contribution in [-0.4, -0.2) is 42.6 Å². The Hall–Kier alpha value is -2.79. The van der Waals surface area contributed by atoms with Crippen LogP contribution >= 0.6 is 47.3 Å². The van der Waals surface area contributed by atoms with Gasteiger partial charge in [0.1, 0.15) is 9.81 Å². The number of nitrogens with one attached hydrogen (secondary N) is 1. The van der Waals surface area contributed by atoms with E-state index in [0.717, 1.165) is 40.2 Å². The minimum atomic E-state index is -0.941. The first-order valence-corrected chi connectivity index (χ1v) is 13.9. The lowest BCUT2D eigenvalue weighted by Gasteiger charge is -2.45. The molecule has 4 rings (SSSR count). The molecule has 0 unspecified atom stereocenters. The number of methoxy groups -OCH3 is 2. The predicted octanol–water partition coefficient (Wildman–Crippen LogP) is 6.86. The molecule has 0 atom stereocenters. The maximum absolute atomic E-state index is 13.7. The molecule has 0 saturated heterocycles. The normalized spacial score (nSPS) is 16.4. The van der Waals surface area contributed by atoms with Gasteiger partial charge < -0.3 is 14.8 Å². The van der Waals surface area contributed by atoms with Crippen molar-refractivity contribution in [1.82, 2.24) is 0 Å². The number of rotatable bonds is 3. The fourth-order valence-corrected chi connectivity index (χ4v) is 7.31. The first-order chi connectivity index (χ1) is 17.9. The fraction of sp³-hybridized carbons (Fsp3) is 0.259. The zero-order chi connectivity index (χ0) is 27.9. The second-order valence-corrected chi connectivity index (χ2v) is 12.3. The van der Waals surface area contributed by atoms with E-state index in [1.807, 2.05) is 39.8 Å². The Balaban J connectivity index is 1.88. The third-order valence-corrected chi connectivity index (χ3v) is 9.82. The number of esters is 2. The highest BCUT2D eigenvalue weighted by Gasteiger charge is 2.46. The monoisotopic (exact) mass is 588 g/mol. The summed E-state index contributed by atoms with van der Waals surface area (Å²) in [6, 6.07) is 10.4. The van der Waals surface area contributed by atoms with Crippen molar-refractivity contribution in [3.8, 4) is 0 Å². The molecule has 2 aromatic rings. The summed E-state index contributed by atoms with van der Waals surface area (Å²) in [5.41, 5.74) is 3.73. The molecule has 0 bridgehead atoms. The topological polar surface area (TPSA) is 84.9 Å². The fourth-order valence-electron chi connectivity index (χ4n) is 4.15. The largest absolute Gasteiger partial charge is 0.465 e. The third-order valence-electron chi connectivity index (χ3n) is 6.30. The van der Waals surface area contributed by atoms with Gasteiger partial charge in [-0.3, -0.25) is 4.90 Å². The molecule has 0 spiro atoms. The molecule has 0 aromatic heterocycles. The summed E-state index contributed by atoms with van der Waals surface area (Å²) >= 11 is 14.3. The van der Waals surface area contributed by atoms with E-state index in [9.17, 15) is 14.4 Å². The first-order valence-electron chi connectivity index (χ1n) is 11.4. The van der Waals surface area contributed by atoms with Gasteiger partial charge in [-0.05, 0) is 75.2 Å². The number of fused-ring (bicyclic) bond motifs is 1. The van der Waals surface area contributed by atoms with Crippen LogP contribution in [0.5, 0.6) is 0 Å². The molecule has 2 aliphatic rings. The SMILES string of the molecule is COC(=O)C1=C(C(=O)OC)SC(=C2C(=S)C(C)(C)N(C(=O)Nc3ccc(Cl)cc3)c3cc(C)c(C)cc32)S1. The minimum absolute atomic E-state index is 0.140. The number of amides is 2. The van der Waals surface area contributed by atoms with Crippen molar-refractivity contribution >= 4 is 87.1 Å². The molecule has 2 amide bonds.